The Kier molecular flexibility index (Phi) is 5.20. The first-order valence-electron chi connectivity index (χ1n) is 9.05. The van der Waals surface area contributed by atoms with Gasteiger partial charge < -0.3 is 9.30 Å². The van der Waals surface area contributed by atoms with E-state index in [0.717, 1.165) is 34.0 Å². The summed E-state index contributed by atoms with van der Waals surface area (Å²) in [6.45, 7) is 2.88. The molecule has 1 aromatic heterocycles. The molecule has 28 heavy (non-hydrogen) atoms. The third kappa shape index (κ3) is 3.43. The molecular formula is C22H19ClN2O2S. The molecule has 0 aliphatic heterocycles. The number of hydrogen-bond donors (Lipinski definition) is 0. The van der Waals surface area contributed by atoms with Gasteiger partial charge in [-0.1, -0.05) is 54.1 Å². The van der Waals surface area contributed by atoms with Crippen LogP contribution in [0.3, 0.4) is 0 Å². The number of benzene rings is 3. The Labute approximate surface area is 171 Å². The maximum Gasteiger partial charge on any atom is 0.283 e. The summed E-state index contributed by atoms with van der Waals surface area (Å²) in [5.41, 5.74) is 1.49. The number of fused-ring (bicyclic) bond motifs is 2. The van der Waals surface area contributed by atoms with Crippen LogP contribution in [-0.2, 0) is 6.54 Å². The van der Waals surface area contributed by atoms with Crippen LogP contribution >= 0.6 is 22.9 Å². The monoisotopic (exact) mass is 410 g/mol. The molecule has 0 saturated carbocycles. The van der Waals surface area contributed by atoms with E-state index in [-0.39, 0.29) is 5.91 Å². The Bertz CT molecular complexity index is 1260. The number of aromatic nitrogens is 1. The van der Waals surface area contributed by atoms with Crippen molar-refractivity contribution >= 4 is 49.8 Å². The van der Waals surface area contributed by atoms with E-state index in [0.29, 0.717) is 21.1 Å². The van der Waals surface area contributed by atoms with E-state index in [1.165, 1.54) is 11.3 Å². The van der Waals surface area contributed by atoms with Gasteiger partial charge in [-0.3, -0.25) is 4.79 Å². The molecule has 0 spiro atoms. The van der Waals surface area contributed by atoms with Crippen LogP contribution in [0.25, 0.3) is 21.0 Å². The van der Waals surface area contributed by atoms with Gasteiger partial charge in [0.1, 0.15) is 5.75 Å². The minimum absolute atomic E-state index is 0.315. The molecule has 6 heteroatoms. The largest absolute Gasteiger partial charge is 0.496 e. The van der Waals surface area contributed by atoms with Gasteiger partial charge in [0.25, 0.3) is 5.91 Å². The minimum Gasteiger partial charge on any atom is -0.496 e. The van der Waals surface area contributed by atoms with Gasteiger partial charge >= 0.3 is 0 Å². The van der Waals surface area contributed by atoms with Gasteiger partial charge in [0.15, 0.2) is 4.80 Å². The van der Waals surface area contributed by atoms with Crippen LogP contribution in [0.5, 0.6) is 5.75 Å². The van der Waals surface area contributed by atoms with Crippen molar-refractivity contribution in [2.24, 2.45) is 4.99 Å². The fourth-order valence-electron chi connectivity index (χ4n) is 3.27. The van der Waals surface area contributed by atoms with Crippen molar-refractivity contribution in [1.29, 1.82) is 0 Å². The summed E-state index contributed by atoms with van der Waals surface area (Å²) in [6, 6.07) is 17.4. The van der Waals surface area contributed by atoms with Crippen molar-refractivity contribution in [3.63, 3.8) is 0 Å². The van der Waals surface area contributed by atoms with Crippen LogP contribution in [0, 0.1) is 0 Å². The normalized spacial score (nSPS) is 12.0. The van der Waals surface area contributed by atoms with E-state index in [2.05, 4.69) is 16.5 Å². The second kappa shape index (κ2) is 7.78. The Balaban J connectivity index is 1.88. The maximum absolute atomic E-state index is 13.1. The Morgan fingerprint density at radius 2 is 1.89 bits per heavy atom. The minimum atomic E-state index is -0.315. The second-order valence-electron chi connectivity index (χ2n) is 6.46. The summed E-state index contributed by atoms with van der Waals surface area (Å²) in [5.74, 6) is 0.212. The van der Waals surface area contributed by atoms with Crippen molar-refractivity contribution in [2.75, 3.05) is 7.11 Å². The van der Waals surface area contributed by atoms with E-state index < -0.39 is 0 Å². The maximum atomic E-state index is 13.1. The van der Waals surface area contributed by atoms with Gasteiger partial charge in [0.2, 0.25) is 0 Å². The summed E-state index contributed by atoms with van der Waals surface area (Å²) in [4.78, 5) is 18.2. The lowest BCUT2D eigenvalue weighted by Gasteiger charge is -2.08. The van der Waals surface area contributed by atoms with E-state index in [1.54, 1.807) is 7.11 Å². The molecule has 1 heterocycles. The molecule has 0 saturated heterocycles. The third-order valence-corrected chi connectivity index (χ3v) is 5.86. The van der Waals surface area contributed by atoms with Gasteiger partial charge in [-0.15, -0.1) is 0 Å². The first kappa shape index (κ1) is 18.7. The van der Waals surface area contributed by atoms with Crippen LogP contribution in [0.2, 0.25) is 5.02 Å². The molecular weight excluding hydrogens is 392 g/mol. The molecule has 4 aromatic rings. The highest BCUT2D eigenvalue weighted by Crippen LogP contribution is 2.27. The Hall–Kier alpha value is -2.63. The van der Waals surface area contributed by atoms with Gasteiger partial charge in [0.05, 0.1) is 22.9 Å². The van der Waals surface area contributed by atoms with Crippen LogP contribution < -0.4 is 9.54 Å². The molecule has 0 aliphatic rings. The lowest BCUT2D eigenvalue weighted by atomic mass is 10.1. The number of ether oxygens (including phenoxy) is 1. The summed E-state index contributed by atoms with van der Waals surface area (Å²) in [7, 11) is 1.57. The zero-order valence-electron chi connectivity index (χ0n) is 15.6. The number of amides is 1. The fraction of sp³-hybridized carbons (Fsp3) is 0.182. The molecule has 4 rings (SSSR count). The first-order chi connectivity index (χ1) is 13.6. The summed E-state index contributed by atoms with van der Waals surface area (Å²) in [6.07, 6.45) is 0.940. The number of aryl methyl sites for hydroxylation is 1. The van der Waals surface area contributed by atoms with Crippen LogP contribution in [0.1, 0.15) is 23.7 Å². The molecule has 3 aromatic carbocycles. The highest BCUT2D eigenvalue weighted by atomic mass is 35.5. The smallest absolute Gasteiger partial charge is 0.283 e. The number of nitrogens with zero attached hydrogens (tertiary/aromatic N) is 2. The molecule has 0 atom stereocenters. The predicted molar refractivity (Wildman–Crippen MR) is 116 cm³/mol. The highest BCUT2D eigenvalue weighted by molar-refractivity contribution is 7.16. The number of halogens is 1. The number of methoxy groups -OCH3 is 1. The summed E-state index contributed by atoms with van der Waals surface area (Å²) < 4.78 is 8.55. The van der Waals surface area contributed by atoms with Crippen molar-refractivity contribution in [3.8, 4) is 5.75 Å². The van der Waals surface area contributed by atoms with E-state index >= 15 is 0 Å². The molecule has 0 unspecified atom stereocenters. The number of rotatable bonds is 4. The SMILES string of the molecule is CCCn1c(=NC(=O)c2cc3ccccc3cc2OC)sc2cc(Cl)ccc21. The van der Waals surface area contributed by atoms with Crippen molar-refractivity contribution in [3.05, 3.63) is 70.0 Å². The zero-order valence-corrected chi connectivity index (χ0v) is 17.2. The standard InChI is InChI=1S/C22H19ClN2O2S/c1-3-10-25-18-9-8-16(23)13-20(18)28-22(25)24-21(26)17-11-14-6-4-5-7-15(14)12-19(17)27-2/h4-9,11-13H,3,10H2,1-2H3. The van der Waals surface area contributed by atoms with E-state index in [4.69, 9.17) is 16.3 Å². The van der Waals surface area contributed by atoms with Gasteiger partial charge in [-0.25, -0.2) is 0 Å². The van der Waals surface area contributed by atoms with Crippen molar-refractivity contribution in [1.82, 2.24) is 4.57 Å². The number of carbonyl (C=O) groups is 1. The second-order valence-corrected chi connectivity index (χ2v) is 7.91. The highest BCUT2D eigenvalue weighted by Gasteiger charge is 2.15. The molecule has 1 amide bonds. The van der Waals surface area contributed by atoms with Crippen LogP contribution in [-0.4, -0.2) is 17.6 Å². The van der Waals surface area contributed by atoms with Crippen molar-refractivity contribution < 1.29 is 9.53 Å². The summed E-state index contributed by atoms with van der Waals surface area (Å²) in [5, 5.41) is 2.67. The topological polar surface area (TPSA) is 43.6 Å². The number of carbonyl (C=O) groups excluding carboxylic acids is 1. The van der Waals surface area contributed by atoms with Crippen LogP contribution in [0.4, 0.5) is 0 Å². The molecule has 0 N–H and O–H groups in total. The van der Waals surface area contributed by atoms with E-state index in [1.807, 2.05) is 54.6 Å². The van der Waals surface area contributed by atoms with Gasteiger partial charge in [-0.2, -0.15) is 4.99 Å². The first-order valence-corrected chi connectivity index (χ1v) is 10.2. The average Bonchev–Trinajstić information content (AvgIpc) is 3.03. The quantitative estimate of drug-likeness (QED) is 0.435. The van der Waals surface area contributed by atoms with Gasteiger partial charge in [-0.05, 0) is 47.5 Å². The van der Waals surface area contributed by atoms with E-state index in [9.17, 15) is 4.79 Å². The van der Waals surface area contributed by atoms with Crippen molar-refractivity contribution in [2.45, 2.75) is 19.9 Å². The van der Waals surface area contributed by atoms with Crippen LogP contribution in [0.15, 0.2) is 59.6 Å². The predicted octanol–water partition coefficient (Wildman–Crippen LogP) is 5.67. The third-order valence-electron chi connectivity index (χ3n) is 4.59. The average molecular weight is 411 g/mol. The fourth-order valence-corrected chi connectivity index (χ4v) is 4.61. The molecule has 0 aliphatic carbocycles. The zero-order chi connectivity index (χ0) is 19.7. The van der Waals surface area contributed by atoms with Gasteiger partial charge in [0, 0.05) is 11.6 Å². The lowest BCUT2D eigenvalue weighted by Crippen LogP contribution is -2.17. The summed E-state index contributed by atoms with van der Waals surface area (Å²) >= 11 is 7.61. The Morgan fingerprint density at radius 1 is 1.14 bits per heavy atom. The molecule has 0 bridgehead atoms. The number of hydrogen-bond acceptors (Lipinski definition) is 3. The molecule has 4 nitrogen and oxygen atoms in total. The lowest BCUT2D eigenvalue weighted by molar-refractivity contribution is 0.0995. The Morgan fingerprint density at radius 3 is 2.61 bits per heavy atom. The molecule has 0 fully saturated rings. The number of thiazole rings is 1. The molecule has 0 radical (unpaired) electrons. The molecule has 142 valence electrons.